The third-order valence-corrected chi connectivity index (χ3v) is 15.8. The molecule has 9 heterocycles. The average molecular weight is 1480 g/mol. The third kappa shape index (κ3) is 17.0. The van der Waals surface area contributed by atoms with Crippen molar-refractivity contribution in [2.24, 2.45) is 0 Å². The number of pyridine rings is 4. The van der Waals surface area contributed by atoms with E-state index < -0.39 is 0 Å². The van der Waals surface area contributed by atoms with Gasteiger partial charge < -0.3 is 96.8 Å². The number of ether oxygens (including phenoxy) is 4. The fourth-order valence-corrected chi connectivity index (χ4v) is 11.4. The standard InChI is InChI=1S/C76H70N8O4.4BrH/c1-5-41-81(42-6-1)49-13-53-85-61-25-17-57(18-26-61)73-65-33-35-67(77-65)74(58-19-27-62(28-20-58)86-54-14-50-82-43-7-2-8-44-82)69-37-39-71(79-69)76(60-23-31-64(32-24-60)88-56-16-52-84-47-11-4-12-48-84)72-40-38-70(80-72)75(68-36-34-66(73)78-68)59-21-29-63(30-22-59)87-55-15-51-83-45-9-3-10-46-83;;;;/h1-12,17-48,77,80H,13-16,49-56H2;4*1H/q+4;;;;/p-4. The Morgan fingerprint density at radius 3 is 0.674 bits per heavy atom. The quantitative estimate of drug-likeness (QED) is 0.0712. The molecule has 92 heavy (non-hydrogen) atoms. The molecule has 0 saturated carbocycles. The molecular weight excluding hydrogens is 1410 g/mol. The molecule has 8 bridgehead atoms. The van der Waals surface area contributed by atoms with Crippen molar-refractivity contribution in [1.82, 2.24) is 19.9 Å². The van der Waals surface area contributed by atoms with Crippen LogP contribution in [0.4, 0.5) is 0 Å². The SMILES string of the molecule is C1=Cc2nc1c(-c1ccc(OCCC[n+]3ccccc3)cc1)c1ccc([nH]1)c(-c1ccc(OCCC[n+]3ccccc3)cc1)c1nc(c(-c3ccc(OCCC[n+]4ccccc4)cc3)c3ccc([nH]3)c2-c2ccc(OCCC[n+]3ccccc3)cc2)C=C1.[Br-].[Br-].[Br-].[Br-]. The molecule has 13 rings (SSSR count). The number of aryl methyl sites for hydroxylation is 4. The fourth-order valence-electron chi connectivity index (χ4n) is 11.4. The number of fused-ring (bicyclic) bond motifs is 8. The highest BCUT2D eigenvalue weighted by atomic mass is 79.9. The molecule has 0 saturated heterocycles. The zero-order valence-corrected chi connectivity index (χ0v) is 57.1. The highest BCUT2D eigenvalue weighted by Crippen LogP contribution is 2.40. The van der Waals surface area contributed by atoms with Crippen LogP contribution in [0.5, 0.6) is 23.0 Å². The summed E-state index contributed by atoms with van der Waals surface area (Å²) in [6.45, 7) is 5.87. The van der Waals surface area contributed by atoms with E-state index in [0.29, 0.717) is 26.4 Å². The van der Waals surface area contributed by atoms with E-state index in [4.69, 9.17) is 28.9 Å². The van der Waals surface area contributed by atoms with Crippen LogP contribution in [0.2, 0.25) is 0 Å². The predicted molar refractivity (Wildman–Crippen MR) is 348 cm³/mol. The minimum Gasteiger partial charge on any atom is -1.00 e. The van der Waals surface area contributed by atoms with Crippen LogP contribution in [0.25, 0.3) is 90.9 Å². The van der Waals surface area contributed by atoms with E-state index in [1.54, 1.807) is 0 Å². The van der Waals surface area contributed by atoms with Crippen LogP contribution in [-0.2, 0) is 26.2 Å². The Labute approximate surface area is 579 Å². The number of hydrogen-bond donors (Lipinski definition) is 2. The zero-order valence-electron chi connectivity index (χ0n) is 50.7. The molecular formula is C76H70Br4N8O4. The first-order chi connectivity index (χ1) is 43.6. The van der Waals surface area contributed by atoms with Crippen molar-refractivity contribution in [2.45, 2.75) is 51.9 Å². The van der Waals surface area contributed by atoms with Gasteiger partial charge in [-0.3, -0.25) is 0 Å². The van der Waals surface area contributed by atoms with Crippen LogP contribution in [0.15, 0.2) is 244 Å². The van der Waals surface area contributed by atoms with Crippen LogP contribution >= 0.6 is 0 Å². The molecule has 4 aromatic carbocycles. The number of aromatic amines is 2. The lowest BCUT2D eigenvalue weighted by Gasteiger charge is -2.10. The van der Waals surface area contributed by atoms with Crippen molar-refractivity contribution >= 4 is 46.4 Å². The van der Waals surface area contributed by atoms with Gasteiger partial charge in [0.1, 0.15) is 23.0 Å². The second-order valence-corrected chi connectivity index (χ2v) is 21.9. The Bertz CT molecular complexity index is 3810. The lowest BCUT2D eigenvalue weighted by Crippen LogP contribution is -3.00. The molecule has 0 atom stereocenters. The van der Waals surface area contributed by atoms with Crippen molar-refractivity contribution in [3.63, 3.8) is 0 Å². The van der Waals surface area contributed by atoms with Crippen LogP contribution in [0.3, 0.4) is 0 Å². The number of hydrogen-bond acceptors (Lipinski definition) is 6. The van der Waals surface area contributed by atoms with E-state index in [-0.39, 0.29) is 67.9 Å². The summed E-state index contributed by atoms with van der Waals surface area (Å²) in [4.78, 5) is 19.0. The van der Waals surface area contributed by atoms with E-state index in [2.05, 4.69) is 272 Å². The number of H-pyrrole nitrogens is 2. The Morgan fingerprint density at radius 2 is 0.467 bits per heavy atom. The molecule has 12 nitrogen and oxygen atoms in total. The second-order valence-electron chi connectivity index (χ2n) is 21.9. The molecule has 2 aliphatic rings. The summed E-state index contributed by atoms with van der Waals surface area (Å²) >= 11 is 0. The van der Waals surface area contributed by atoms with Gasteiger partial charge in [0.2, 0.25) is 0 Å². The first-order valence-electron chi connectivity index (χ1n) is 30.5. The molecule has 0 radical (unpaired) electrons. The zero-order chi connectivity index (χ0) is 59.1. The van der Waals surface area contributed by atoms with Crippen LogP contribution in [-0.4, -0.2) is 46.4 Å². The van der Waals surface area contributed by atoms with Gasteiger partial charge in [-0.1, -0.05) is 72.8 Å². The minimum absolute atomic E-state index is 0. The molecule has 2 aliphatic heterocycles. The molecule has 466 valence electrons. The Morgan fingerprint density at radius 1 is 0.261 bits per heavy atom. The predicted octanol–water partition coefficient (Wildman–Crippen LogP) is 2.37. The summed E-state index contributed by atoms with van der Waals surface area (Å²) in [6.07, 6.45) is 28.7. The number of aromatic nitrogens is 8. The first-order valence-corrected chi connectivity index (χ1v) is 30.5. The van der Waals surface area contributed by atoms with Gasteiger partial charge in [0.05, 0.1) is 49.2 Å². The summed E-state index contributed by atoms with van der Waals surface area (Å²) in [7, 11) is 0. The highest BCUT2D eigenvalue weighted by molar-refractivity contribution is 6.00. The molecule has 0 fully saturated rings. The molecule has 11 aromatic rings. The van der Waals surface area contributed by atoms with E-state index in [9.17, 15) is 0 Å². The first kappa shape index (κ1) is 67.6. The number of benzene rings is 4. The number of rotatable bonds is 24. The van der Waals surface area contributed by atoms with Gasteiger partial charge in [-0.05, 0) is 119 Å². The summed E-state index contributed by atoms with van der Waals surface area (Å²) in [5.74, 6) is 3.24. The van der Waals surface area contributed by atoms with E-state index in [0.717, 1.165) is 164 Å². The number of nitrogens with zero attached hydrogens (tertiary/aromatic N) is 6. The maximum absolute atomic E-state index is 6.33. The molecule has 0 unspecified atom stereocenters. The fraction of sp³-hybridized carbons (Fsp3) is 0.158. The van der Waals surface area contributed by atoms with Gasteiger partial charge in [0, 0.05) is 119 Å². The van der Waals surface area contributed by atoms with Crippen molar-refractivity contribution in [3.05, 3.63) is 266 Å². The van der Waals surface area contributed by atoms with Crippen molar-refractivity contribution in [1.29, 1.82) is 0 Å². The Hall–Kier alpha value is -8.80. The number of halogens is 4. The van der Waals surface area contributed by atoms with E-state index in [1.165, 1.54) is 0 Å². The largest absolute Gasteiger partial charge is 1.00 e. The highest BCUT2D eigenvalue weighted by Gasteiger charge is 2.20. The summed E-state index contributed by atoms with van der Waals surface area (Å²) < 4.78 is 34.0. The van der Waals surface area contributed by atoms with Crippen molar-refractivity contribution in [3.8, 4) is 67.5 Å². The Balaban J connectivity index is 0.00000250. The Kier molecular flexibility index (Phi) is 24.6. The minimum atomic E-state index is 0. The normalized spacial score (nSPS) is 11.1. The van der Waals surface area contributed by atoms with Crippen molar-refractivity contribution < 1.29 is 105 Å². The summed E-state index contributed by atoms with van der Waals surface area (Å²) in [5.41, 5.74) is 14.7. The van der Waals surface area contributed by atoms with Gasteiger partial charge in [-0.25, -0.2) is 28.2 Å². The lowest BCUT2D eigenvalue weighted by molar-refractivity contribution is -0.697. The molecule has 0 spiro atoms. The molecule has 7 aromatic heterocycles. The van der Waals surface area contributed by atoms with Crippen LogP contribution in [0, 0.1) is 0 Å². The summed E-state index contributed by atoms with van der Waals surface area (Å²) in [5, 5.41) is 0. The van der Waals surface area contributed by atoms with Crippen LogP contribution in [0.1, 0.15) is 48.5 Å². The number of nitrogens with one attached hydrogen (secondary N) is 2. The van der Waals surface area contributed by atoms with Gasteiger partial charge >= 0.3 is 0 Å². The topological polar surface area (TPSA) is 110 Å². The summed E-state index contributed by atoms with van der Waals surface area (Å²) in [6, 6.07) is 66.8. The smallest absolute Gasteiger partial charge is 0.168 e. The molecule has 0 aliphatic carbocycles. The van der Waals surface area contributed by atoms with Gasteiger partial charge in [-0.15, -0.1) is 0 Å². The molecule has 16 heteroatoms. The van der Waals surface area contributed by atoms with Gasteiger partial charge in [0.15, 0.2) is 75.8 Å². The van der Waals surface area contributed by atoms with Gasteiger partial charge in [0.25, 0.3) is 0 Å². The van der Waals surface area contributed by atoms with E-state index >= 15 is 0 Å². The molecule has 2 N–H and O–H groups in total. The maximum Gasteiger partial charge on any atom is 0.168 e. The van der Waals surface area contributed by atoms with Gasteiger partial charge in [-0.2, -0.15) is 0 Å². The third-order valence-electron chi connectivity index (χ3n) is 15.8. The van der Waals surface area contributed by atoms with E-state index in [1.807, 2.05) is 24.3 Å². The maximum atomic E-state index is 6.33. The average Bonchev–Trinajstić information content (AvgIpc) is 1.79. The van der Waals surface area contributed by atoms with Crippen LogP contribution < -0.4 is 105 Å². The molecule has 0 amide bonds. The second kappa shape index (κ2) is 33.5. The monoisotopic (exact) mass is 1470 g/mol. The lowest BCUT2D eigenvalue weighted by atomic mass is 10.0. The van der Waals surface area contributed by atoms with Crippen molar-refractivity contribution in [2.75, 3.05) is 26.4 Å².